The van der Waals surface area contributed by atoms with Crippen LogP contribution in [0.1, 0.15) is 4.88 Å². The van der Waals surface area contributed by atoms with E-state index in [2.05, 4.69) is 11.9 Å². The Kier molecular flexibility index (Phi) is 2.29. The van der Waals surface area contributed by atoms with Crippen LogP contribution in [-0.2, 0) is 0 Å². The summed E-state index contributed by atoms with van der Waals surface area (Å²) in [6.07, 6.45) is 0. The first kappa shape index (κ1) is 9.66. The summed E-state index contributed by atoms with van der Waals surface area (Å²) in [6, 6.07) is 5.97. The van der Waals surface area contributed by atoms with Gasteiger partial charge in [-0.3, -0.25) is 0 Å². The molecule has 0 bridgehead atoms. The molecule has 82 valence electrons. The van der Waals surface area contributed by atoms with Gasteiger partial charge in [0.25, 0.3) is 0 Å². The molecule has 4 heteroatoms. The number of hydrogen-bond donors (Lipinski definition) is 0. The second-order valence-electron chi connectivity index (χ2n) is 3.62. The van der Waals surface area contributed by atoms with Crippen molar-refractivity contribution in [2.24, 2.45) is 0 Å². The van der Waals surface area contributed by atoms with Crippen LogP contribution < -0.4 is 9.47 Å². The molecular formula is C12H11NO2S. The average Bonchev–Trinajstić information content (AvgIpc) is 2.75. The minimum absolute atomic E-state index is 0.618. The van der Waals surface area contributed by atoms with Gasteiger partial charge < -0.3 is 9.47 Å². The predicted octanol–water partition coefficient (Wildman–Crippen LogP) is 2.89. The summed E-state index contributed by atoms with van der Waals surface area (Å²) < 4.78 is 11.0. The number of benzene rings is 1. The Balaban J connectivity index is 2.06. The van der Waals surface area contributed by atoms with E-state index in [1.54, 1.807) is 11.3 Å². The van der Waals surface area contributed by atoms with Crippen LogP contribution in [-0.4, -0.2) is 18.2 Å². The van der Waals surface area contributed by atoms with Crippen molar-refractivity contribution in [3.8, 4) is 22.8 Å². The van der Waals surface area contributed by atoms with Crippen molar-refractivity contribution in [1.82, 2.24) is 4.98 Å². The van der Waals surface area contributed by atoms with Crippen molar-refractivity contribution in [3.63, 3.8) is 0 Å². The Morgan fingerprint density at radius 1 is 1.19 bits per heavy atom. The van der Waals surface area contributed by atoms with Gasteiger partial charge in [0.15, 0.2) is 11.5 Å². The zero-order valence-electron chi connectivity index (χ0n) is 8.90. The molecule has 0 aliphatic carbocycles. The van der Waals surface area contributed by atoms with E-state index in [9.17, 15) is 0 Å². The van der Waals surface area contributed by atoms with Crippen LogP contribution >= 0.6 is 11.3 Å². The Labute approximate surface area is 97.7 Å². The van der Waals surface area contributed by atoms with E-state index in [0.29, 0.717) is 13.2 Å². The molecule has 1 aromatic heterocycles. The maximum absolute atomic E-state index is 5.55. The maximum atomic E-state index is 5.55. The van der Waals surface area contributed by atoms with Crippen molar-refractivity contribution in [2.75, 3.05) is 13.2 Å². The summed E-state index contributed by atoms with van der Waals surface area (Å²) in [5, 5.41) is 0. The third-order valence-electron chi connectivity index (χ3n) is 2.56. The topological polar surface area (TPSA) is 31.4 Å². The minimum Gasteiger partial charge on any atom is -0.486 e. The average molecular weight is 233 g/mol. The van der Waals surface area contributed by atoms with Crippen LogP contribution in [0.4, 0.5) is 0 Å². The monoisotopic (exact) mass is 233 g/mol. The highest BCUT2D eigenvalue weighted by Crippen LogP contribution is 2.35. The van der Waals surface area contributed by atoms with E-state index in [0.717, 1.165) is 22.8 Å². The predicted molar refractivity (Wildman–Crippen MR) is 63.3 cm³/mol. The van der Waals surface area contributed by atoms with Crippen molar-refractivity contribution in [1.29, 1.82) is 0 Å². The molecule has 0 radical (unpaired) electrons. The lowest BCUT2D eigenvalue weighted by Gasteiger charge is -2.18. The molecule has 16 heavy (non-hydrogen) atoms. The summed E-state index contributed by atoms with van der Waals surface area (Å²) in [5.41, 5.74) is 3.98. The molecule has 0 N–H and O–H groups in total. The molecule has 2 aromatic rings. The van der Waals surface area contributed by atoms with E-state index in [4.69, 9.17) is 9.47 Å². The maximum Gasteiger partial charge on any atom is 0.162 e. The Hall–Kier alpha value is -1.55. The van der Waals surface area contributed by atoms with E-state index >= 15 is 0 Å². The fraction of sp³-hybridized carbons (Fsp3) is 0.250. The van der Waals surface area contributed by atoms with Gasteiger partial charge in [-0.15, -0.1) is 11.3 Å². The molecule has 0 unspecified atom stereocenters. The largest absolute Gasteiger partial charge is 0.486 e. The zero-order valence-corrected chi connectivity index (χ0v) is 9.71. The van der Waals surface area contributed by atoms with E-state index in [1.807, 2.05) is 23.7 Å². The molecule has 0 fully saturated rings. The van der Waals surface area contributed by atoms with Gasteiger partial charge in [0, 0.05) is 10.4 Å². The third kappa shape index (κ3) is 1.55. The first-order valence-corrected chi connectivity index (χ1v) is 6.02. The number of aromatic nitrogens is 1. The van der Waals surface area contributed by atoms with Gasteiger partial charge in [-0.05, 0) is 25.1 Å². The van der Waals surface area contributed by atoms with Crippen LogP contribution in [0, 0.1) is 6.92 Å². The first-order valence-electron chi connectivity index (χ1n) is 5.15. The van der Waals surface area contributed by atoms with Crippen LogP contribution in [0.25, 0.3) is 11.3 Å². The molecule has 0 spiro atoms. The molecule has 0 amide bonds. The smallest absolute Gasteiger partial charge is 0.162 e. The highest BCUT2D eigenvalue weighted by molar-refractivity contribution is 7.10. The molecule has 3 nitrogen and oxygen atoms in total. The number of hydrogen-bond acceptors (Lipinski definition) is 4. The summed E-state index contributed by atoms with van der Waals surface area (Å²) in [5.74, 6) is 1.64. The van der Waals surface area contributed by atoms with Gasteiger partial charge in [0.05, 0.1) is 11.2 Å². The fourth-order valence-corrected chi connectivity index (χ4v) is 2.37. The molecule has 0 atom stereocenters. The SMILES string of the molecule is Cc1scnc1-c1ccc2c(c1)OCCO2. The fourth-order valence-electron chi connectivity index (χ4n) is 1.77. The number of thiazole rings is 1. The molecule has 3 rings (SSSR count). The van der Waals surface area contributed by atoms with Crippen LogP contribution in [0.5, 0.6) is 11.5 Å². The van der Waals surface area contributed by atoms with Crippen molar-refractivity contribution in [2.45, 2.75) is 6.92 Å². The molecule has 0 saturated carbocycles. The summed E-state index contributed by atoms with van der Waals surface area (Å²) in [4.78, 5) is 5.58. The zero-order chi connectivity index (χ0) is 11.0. The Morgan fingerprint density at radius 2 is 2.00 bits per heavy atom. The van der Waals surface area contributed by atoms with Crippen LogP contribution in [0.2, 0.25) is 0 Å². The van der Waals surface area contributed by atoms with Crippen molar-refractivity contribution >= 4 is 11.3 Å². The summed E-state index contributed by atoms with van der Waals surface area (Å²) in [7, 11) is 0. The number of fused-ring (bicyclic) bond motifs is 1. The van der Waals surface area contributed by atoms with E-state index < -0.39 is 0 Å². The van der Waals surface area contributed by atoms with E-state index in [1.165, 1.54) is 4.88 Å². The number of ether oxygens (including phenoxy) is 2. The van der Waals surface area contributed by atoms with E-state index in [-0.39, 0.29) is 0 Å². The lowest BCUT2D eigenvalue weighted by Crippen LogP contribution is -2.15. The van der Waals surface area contributed by atoms with Crippen molar-refractivity contribution < 1.29 is 9.47 Å². The van der Waals surface area contributed by atoms with Gasteiger partial charge in [-0.25, -0.2) is 4.98 Å². The summed E-state index contributed by atoms with van der Waals surface area (Å²) >= 11 is 1.65. The number of aryl methyl sites for hydroxylation is 1. The standard InChI is InChI=1S/C12H11NO2S/c1-8-12(13-7-16-8)9-2-3-10-11(6-9)15-5-4-14-10/h2-3,6-7H,4-5H2,1H3. The lowest BCUT2D eigenvalue weighted by atomic mass is 10.1. The Bertz CT molecular complexity index is 521. The first-order chi connectivity index (χ1) is 7.84. The normalized spacial score (nSPS) is 13.8. The van der Waals surface area contributed by atoms with Gasteiger partial charge in [-0.2, -0.15) is 0 Å². The molecule has 1 aliphatic rings. The molecule has 0 saturated heterocycles. The summed E-state index contributed by atoms with van der Waals surface area (Å²) in [6.45, 7) is 3.32. The highest BCUT2D eigenvalue weighted by Gasteiger charge is 2.13. The van der Waals surface area contributed by atoms with Gasteiger partial charge in [-0.1, -0.05) is 0 Å². The van der Waals surface area contributed by atoms with Gasteiger partial charge >= 0.3 is 0 Å². The lowest BCUT2D eigenvalue weighted by molar-refractivity contribution is 0.171. The van der Waals surface area contributed by atoms with Crippen LogP contribution in [0.15, 0.2) is 23.7 Å². The van der Waals surface area contributed by atoms with Crippen molar-refractivity contribution in [3.05, 3.63) is 28.6 Å². The number of rotatable bonds is 1. The van der Waals surface area contributed by atoms with Gasteiger partial charge in [0.1, 0.15) is 13.2 Å². The molecular weight excluding hydrogens is 222 g/mol. The third-order valence-corrected chi connectivity index (χ3v) is 3.32. The minimum atomic E-state index is 0.618. The number of nitrogens with zero attached hydrogens (tertiary/aromatic N) is 1. The second-order valence-corrected chi connectivity index (χ2v) is 4.67. The molecule has 1 aromatic carbocycles. The Morgan fingerprint density at radius 3 is 2.75 bits per heavy atom. The quantitative estimate of drug-likeness (QED) is 0.759. The molecule has 1 aliphatic heterocycles. The highest BCUT2D eigenvalue weighted by atomic mass is 32.1. The molecule has 2 heterocycles. The van der Waals surface area contributed by atoms with Crippen LogP contribution in [0.3, 0.4) is 0 Å². The second kappa shape index (κ2) is 3.79. The van der Waals surface area contributed by atoms with Gasteiger partial charge in [0.2, 0.25) is 0 Å².